The van der Waals surface area contributed by atoms with Crippen LogP contribution in [0.1, 0.15) is 41.5 Å². The standard InChI is InChI=1S/C21H30N4O/c1-17-6-2-3-7-19(17)20(16-24-10-12-26-13-11-24)22-14-18-15-23-21-8-4-5-9-25(18)21/h2-3,6-7,15,20,22H,4-5,8-14,16H2,1H3. The number of aromatic nitrogens is 2. The third-order valence-corrected chi connectivity index (χ3v) is 5.69. The SMILES string of the molecule is Cc1ccccc1C(CN1CCOCC1)NCc1cnc2n1CCCC2. The van der Waals surface area contributed by atoms with Gasteiger partial charge in [-0.25, -0.2) is 4.98 Å². The Morgan fingerprint density at radius 1 is 1.15 bits per heavy atom. The number of ether oxygens (including phenoxy) is 1. The molecule has 1 aromatic carbocycles. The first kappa shape index (κ1) is 17.7. The molecule has 140 valence electrons. The van der Waals surface area contributed by atoms with Crippen molar-refractivity contribution >= 4 is 0 Å². The van der Waals surface area contributed by atoms with E-state index >= 15 is 0 Å². The van der Waals surface area contributed by atoms with Crippen LogP contribution in [-0.4, -0.2) is 47.3 Å². The molecule has 0 saturated carbocycles. The van der Waals surface area contributed by atoms with E-state index in [1.807, 2.05) is 0 Å². The van der Waals surface area contributed by atoms with Crippen LogP contribution in [-0.2, 0) is 24.2 Å². The van der Waals surface area contributed by atoms with E-state index in [4.69, 9.17) is 4.74 Å². The van der Waals surface area contributed by atoms with Gasteiger partial charge in [0.15, 0.2) is 0 Å². The highest BCUT2D eigenvalue weighted by Gasteiger charge is 2.21. The highest BCUT2D eigenvalue weighted by Crippen LogP contribution is 2.21. The molecule has 2 aliphatic heterocycles. The van der Waals surface area contributed by atoms with Gasteiger partial charge in [-0.3, -0.25) is 4.90 Å². The number of hydrogen-bond acceptors (Lipinski definition) is 4. The second-order valence-electron chi connectivity index (χ2n) is 7.48. The van der Waals surface area contributed by atoms with E-state index in [9.17, 15) is 0 Å². The van der Waals surface area contributed by atoms with Crippen LogP contribution >= 0.6 is 0 Å². The van der Waals surface area contributed by atoms with E-state index in [0.717, 1.165) is 52.4 Å². The zero-order chi connectivity index (χ0) is 17.8. The van der Waals surface area contributed by atoms with Crippen LogP contribution in [0, 0.1) is 6.92 Å². The van der Waals surface area contributed by atoms with Crippen LogP contribution in [0.5, 0.6) is 0 Å². The van der Waals surface area contributed by atoms with Gasteiger partial charge in [0.05, 0.1) is 18.9 Å². The normalized spacial score (nSPS) is 19.3. The maximum atomic E-state index is 5.52. The molecule has 1 saturated heterocycles. The number of morpholine rings is 1. The second kappa shape index (κ2) is 8.33. The fourth-order valence-corrected chi connectivity index (χ4v) is 4.14. The van der Waals surface area contributed by atoms with Gasteiger partial charge in [0.1, 0.15) is 5.82 Å². The first-order valence-corrected chi connectivity index (χ1v) is 9.93. The summed E-state index contributed by atoms with van der Waals surface area (Å²) in [6.07, 6.45) is 5.73. The highest BCUT2D eigenvalue weighted by atomic mass is 16.5. The van der Waals surface area contributed by atoms with Crippen LogP contribution in [0.2, 0.25) is 0 Å². The molecule has 1 aromatic heterocycles. The van der Waals surface area contributed by atoms with E-state index in [2.05, 4.69) is 57.2 Å². The van der Waals surface area contributed by atoms with Crippen molar-refractivity contribution in [3.05, 3.63) is 53.1 Å². The lowest BCUT2D eigenvalue weighted by molar-refractivity contribution is 0.0332. The summed E-state index contributed by atoms with van der Waals surface area (Å²) >= 11 is 0. The van der Waals surface area contributed by atoms with Crippen LogP contribution in [0.3, 0.4) is 0 Å². The molecule has 0 amide bonds. The van der Waals surface area contributed by atoms with Gasteiger partial charge < -0.3 is 14.6 Å². The predicted molar refractivity (Wildman–Crippen MR) is 103 cm³/mol. The second-order valence-corrected chi connectivity index (χ2v) is 7.48. The van der Waals surface area contributed by atoms with Crippen molar-refractivity contribution in [3.63, 3.8) is 0 Å². The first-order valence-electron chi connectivity index (χ1n) is 9.93. The molecule has 1 unspecified atom stereocenters. The smallest absolute Gasteiger partial charge is 0.108 e. The molecule has 0 spiro atoms. The van der Waals surface area contributed by atoms with Crippen molar-refractivity contribution < 1.29 is 4.74 Å². The monoisotopic (exact) mass is 354 g/mol. The average Bonchev–Trinajstić information content (AvgIpc) is 3.10. The molecular weight excluding hydrogens is 324 g/mol. The van der Waals surface area contributed by atoms with E-state index in [1.54, 1.807) is 0 Å². The Labute approximate surface area is 156 Å². The molecule has 1 N–H and O–H groups in total. The molecule has 0 bridgehead atoms. The molecule has 2 aromatic rings. The number of aryl methyl sites for hydroxylation is 2. The summed E-state index contributed by atoms with van der Waals surface area (Å²) < 4.78 is 7.93. The number of imidazole rings is 1. The van der Waals surface area contributed by atoms with Gasteiger partial charge in [0, 0.05) is 51.4 Å². The fraction of sp³-hybridized carbons (Fsp3) is 0.571. The Kier molecular flexibility index (Phi) is 5.68. The number of nitrogens with one attached hydrogen (secondary N) is 1. The molecule has 3 heterocycles. The maximum Gasteiger partial charge on any atom is 0.108 e. The summed E-state index contributed by atoms with van der Waals surface area (Å²) in [5.74, 6) is 1.26. The van der Waals surface area contributed by atoms with Gasteiger partial charge in [-0.2, -0.15) is 0 Å². The maximum absolute atomic E-state index is 5.52. The molecular formula is C21H30N4O. The molecule has 2 aliphatic rings. The van der Waals surface area contributed by atoms with Crippen molar-refractivity contribution in [3.8, 4) is 0 Å². The van der Waals surface area contributed by atoms with Gasteiger partial charge in [-0.1, -0.05) is 24.3 Å². The van der Waals surface area contributed by atoms with Crippen molar-refractivity contribution in [2.24, 2.45) is 0 Å². The minimum Gasteiger partial charge on any atom is -0.379 e. The third-order valence-electron chi connectivity index (χ3n) is 5.69. The molecule has 0 radical (unpaired) electrons. The topological polar surface area (TPSA) is 42.3 Å². The van der Waals surface area contributed by atoms with E-state index in [0.29, 0.717) is 6.04 Å². The molecule has 1 atom stereocenters. The number of nitrogens with zero attached hydrogens (tertiary/aromatic N) is 3. The average molecular weight is 354 g/mol. The van der Waals surface area contributed by atoms with Crippen molar-refractivity contribution in [2.75, 3.05) is 32.8 Å². The van der Waals surface area contributed by atoms with Crippen LogP contribution in [0.15, 0.2) is 30.5 Å². The predicted octanol–water partition coefficient (Wildman–Crippen LogP) is 2.69. The van der Waals surface area contributed by atoms with Gasteiger partial charge in [0.25, 0.3) is 0 Å². The van der Waals surface area contributed by atoms with Gasteiger partial charge in [-0.15, -0.1) is 0 Å². The molecule has 4 rings (SSSR count). The minimum atomic E-state index is 0.323. The lowest BCUT2D eigenvalue weighted by Crippen LogP contribution is -2.42. The summed E-state index contributed by atoms with van der Waals surface area (Å²) in [5.41, 5.74) is 4.08. The van der Waals surface area contributed by atoms with Crippen molar-refractivity contribution in [1.82, 2.24) is 19.8 Å². The number of benzene rings is 1. The Morgan fingerprint density at radius 3 is 2.85 bits per heavy atom. The van der Waals surface area contributed by atoms with Crippen LogP contribution in [0.4, 0.5) is 0 Å². The Hall–Kier alpha value is -1.69. The fourth-order valence-electron chi connectivity index (χ4n) is 4.14. The highest BCUT2D eigenvalue weighted by molar-refractivity contribution is 5.29. The minimum absolute atomic E-state index is 0.323. The third kappa shape index (κ3) is 4.00. The largest absolute Gasteiger partial charge is 0.379 e. The van der Waals surface area contributed by atoms with E-state index in [-0.39, 0.29) is 0 Å². The Morgan fingerprint density at radius 2 is 2.00 bits per heavy atom. The molecule has 1 fully saturated rings. The lowest BCUT2D eigenvalue weighted by Gasteiger charge is -2.32. The summed E-state index contributed by atoms with van der Waals surface area (Å²) in [6, 6.07) is 9.07. The molecule has 26 heavy (non-hydrogen) atoms. The quantitative estimate of drug-likeness (QED) is 0.866. The van der Waals surface area contributed by atoms with Crippen LogP contribution < -0.4 is 5.32 Å². The molecule has 5 heteroatoms. The van der Waals surface area contributed by atoms with Gasteiger partial charge >= 0.3 is 0 Å². The number of fused-ring (bicyclic) bond motifs is 1. The zero-order valence-corrected chi connectivity index (χ0v) is 15.8. The molecule has 0 aliphatic carbocycles. The first-order chi connectivity index (χ1) is 12.8. The van der Waals surface area contributed by atoms with Crippen molar-refractivity contribution in [1.29, 1.82) is 0 Å². The summed E-state index contributed by atoms with van der Waals surface area (Å²) in [5, 5.41) is 3.83. The Balaban J connectivity index is 1.49. The van der Waals surface area contributed by atoms with E-state index in [1.165, 1.54) is 35.5 Å². The van der Waals surface area contributed by atoms with Crippen LogP contribution in [0.25, 0.3) is 0 Å². The summed E-state index contributed by atoms with van der Waals surface area (Å²) in [7, 11) is 0. The zero-order valence-electron chi connectivity index (χ0n) is 15.8. The lowest BCUT2D eigenvalue weighted by atomic mass is 10.0. The van der Waals surface area contributed by atoms with Crippen molar-refractivity contribution in [2.45, 2.75) is 45.3 Å². The number of hydrogen-bond donors (Lipinski definition) is 1. The van der Waals surface area contributed by atoms with Gasteiger partial charge in [0.2, 0.25) is 0 Å². The van der Waals surface area contributed by atoms with Gasteiger partial charge in [-0.05, 0) is 30.9 Å². The van der Waals surface area contributed by atoms with E-state index < -0.39 is 0 Å². The number of rotatable bonds is 6. The Bertz CT molecular complexity index is 721. The summed E-state index contributed by atoms with van der Waals surface area (Å²) in [4.78, 5) is 7.15. The summed E-state index contributed by atoms with van der Waals surface area (Å²) in [6.45, 7) is 8.95. The molecule has 5 nitrogen and oxygen atoms in total.